The second-order valence-corrected chi connectivity index (χ2v) is 6.73. The van der Waals surface area contributed by atoms with Gasteiger partial charge in [-0.05, 0) is 49.3 Å². The molecule has 1 unspecified atom stereocenters. The minimum atomic E-state index is -0.191. The third kappa shape index (κ3) is 2.10. The Morgan fingerprint density at radius 3 is 2.47 bits per heavy atom. The molecule has 3 heteroatoms. The predicted octanol–water partition coefficient (Wildman–Crippen LogP) is 4.58. The largest absolute Gasteiger partial charge is 0.355 e. The first kappa shape index (κ1) is 11.9. The van der Waals surface area contributed by atoms with Crippen LogP contribution in [-0.4, -0.2) is 5.54 Å². The third-order valence-corrected chi connectivity index (χ3v) is 5.03. The van der Waals surface area contributed by atoms with Crippen molar-refractivity contribution in [2.75, 3.05) is 0 Å². The van der Waals surface area contributed by atoms with Gasteiger partial charge in [-0.2, -0.15) is 22.9 Å². The molecule has 0 aromatic carbocycles. The van der Waals surface area contributed by atoms with E-state index in [2.05, 4.69) is 26.8 Å². The highest BCUT2D eigenvalue weighted by molar-refractivity contribution is 7.34. The van der Waals surface area contributed by atoms with E-state index in [4.69, 9.17) is 22.9 Å². The van der Waals surface area contributed by atoms with Gasteiger partial charge >= 0.3 is 5.54 Å². The molecule has 1 saturated carbocycles. The zero-order chi connectivity index (χ0) is 11.2. The third-order valence-electron chi connectivity index (χ3n) is 4.38. The van der Waals surface area contributed by atoms with Crippen molar-refractivity contribution in [3.63, 3.8) is 0 Å². The molecule has 0 aromatic heterocycles. The molecule has 3 aliphatic rings. The molecule has 3 rings (SSSR count). The molecule has 0 nitrogen and oxygen atoms in total. The molecule has 0 radical (unpaired) electrons. The molecule has 0 spiro atoms. The summed E-state index contributed by atoms with van der Waals surface area (Å²) >= 11 is 12.2. The van der Waals surface area contributed by atoms with Gasteiger partial charge in [0.1, 0.15) is 0 Å². The number of hydrogen-bond donors (Lipinski definition) is 0. The Morgan fingerprint density at radius 1 is 1.33 bits per heavy atom. The van der Waals surface area contributed by atoms with Crippen LogP contribution in [0.4, 0.5) is 0 Å². The summed E-state index contributed by atoms with van der Waals surface area (Å²) in [5.74, 6) is 3.39. The van der Waals surface area contributed by atoms with E-state index < -0.39 is 0 Å². The molecule has 0 aromatic rings. The average molecular weight is 245 g/mol. The van der Waals surface area contributed by atoms with Gasteiger partial charge in [-0.25, -0.2) is 0 Å². The van der Waals surface area contributed by atoms with Crippen molar-refractivity contribution in [3.05, 3.63) is 11.6 Å². The minimum Gasteiger partial charge on any atom is -0.171 e. The molecule has 0 amide bonds. The zero-order valence-electron chi connectivity index (χ0n) is 9.71. The topological polar surface area (TPSA) is 0 Å². The fraction of sp³-hybridized carbons (Fsp3) is 0.833. The normalized spacial score (nSPS) is 39.5. The Hall–Kier alpha value is 0.385. The Morgan fingerprint density at radius 2 is 2.00 bits per heavy atom. The highest BCUT2D eigenvalue weighted by Crippen LogP contribution is 2.54. The van der Waals surface area contributed by atoms with Crippen molar-refractivity contribution < 1.29 is 0 Å². The van der Waals surface area contributed by atoms with Gasteiger partial charge < -0.3 is 0 Å². The second kappa shape index (κ2) is 4.33. The van der Waals surface area contributed by atoms with Gasteiger partial charge in [0.15, 0.2) is 0 Å². The Bertz CT molecular complexity index is 255. The van der Waals surface area contributed by atoms with Crippen LogP contribution in [0.3, 0.4) is 0 Å². The molecule has 0 N–H and O–H groups in total. The summed E-state index contributed by atoms with van der Waals surface area (Å²) in [7, 11) is 0. The predicted molar refractivity (Wildman–Crippen MR) is 69.5 cm³/mol. The maximum absolute atomic E-state index is 6.10. The van der Waals surface area contributed by atoms with E-state index in [9.17, 15) is 0 Å². The number of halogens is 2. The van der Waals surface area contributed by atoms with E-state index in [0.29, 0.717) is 11.7 Å². The molecule has 2 bridgehead atoms. The zero-order valence-corrected chi connectivity index (χ0v) is 11.2. The lowest BCUT2D eigenvalue weighted by Crippen LogP contribution is -2.39. The van der Waals surface area contributed by atoms with Gasteiger partial charge in [0.25, 0.3) is 0 Å². The maximum atomic E-state index is 6.10. The smallest absolute Gasteiger partial charge is 0.171 e. The van der Waals surface area contributed by atoms with Crippen LogP contribution in [0.15, 0.2) is 11.6 Å². The molecule has 4 atom stereocenters. The van der Waals surface area contributed by atoms with Crippen molar-refractivity contribution in [2.45, 2.75) is 39.4 Å². The van der Waals surface area contributed by atoms with E-state index in [-0.39, 0.29) is 5.54 Å². The molecule has 0 aliphatic heterocycles. The van der Waals surface area contributed by atoms with Gasteiger partial charge in [0, 0.05) is 0 Å². The lowest BCUT2D eigenvalue weighted by atomic mass is 9.52. The van der Waals surface area contributed by atoms with Gasteiger partial charge in [-0.3, -0.25) is 0 Å². The van der Waals surface area contributed by atoms with Crippen LogP contribution < -0.4 is 0 Å². The van der Waals surface area contributed by atoms with Gasteiger partial charge in [-0.15, -0.1) is 0 Å². The second-order valence-electron chi connectivity index (χ2n) is 5.56. The van der Waals surface area contributed by atoms with Crippen LogP contribution in [0.1, 0.15) is 33.6 Å². The summed E-state index contributed by atoms with van der Waals surface area (Å²) in [4.78, 5) is 0. The quantitative estimate of drug-likeness (QED) is 0.493. The van der Waals surface area contributed by atoms with Crippen LogP contribution in [0.25, 0.3) is 0 Å². The van der Waals surface area contributed by atoms with Gasteiger partial charge in [0.05, 0.1) is 0 Å². The lowest BCUT2D eigenvalue weighted by Gasteiger charge is -2.47. The average Bonchev–Trinajstić information content (AvgIpc) is 2.17. The van der Waals surface area contributed by atoms with E-state index in [1.54, 1.807) is 5.57 Å². The summed E-state index contributed by atoms with van der Waals surface area (Å²) in [6.07, 6.45) is 5.00. The highest BCUT2D eigenvalue weighted by Gasteiger charge is 2.45. The lowest BCUT2D eigenvalue weighted by molar-refractivity contribution is 0.161. The number of allylic oxidation sites excluding steroid dienone is 2. The summed E-state index contributed by atoms with van der Waals surface area (Å²) in [6.45, 7) is 6.91. The number of rotatable bonds is 2. The Kier molecular flexibility index (Phi) is 3.43. The van der Waals surface area contributed by atoms with Crippen LogP contribution in [0.2, 0.25) is 5.82 Å². The molecule has 15 heavy (non-hydrogen) atoms. The summed E-state index contributed by atoms with van der Waals surface area (Å²) in [5, 5.41) is 0. The molecular formula is C12H19BCl2. The van der Waals surface area contributed by atoms with Gasteiger partial charge in [0.2, 0.25) is 0 Å². The van der Waals surface area contributed by atoms with Crippen molar-refractivity contribution >= 4 is 28.5 Å². The standard InChI is InChI=1S/C12H19BCl2/c1-7(2)10-5-9-6-12(13(14)15)11(10)4-8(9)3/h4,7,9-12H,5-6H2,1-3H3/t9-,10-,11+,12?/m1/s1. The molecule has 84 valence electrons. The molecule has 3 aliphatic carbocycles. The van der Waals surface area contributed by atoms with Crippen molar-refractivity contribution in [2.24, 2.45) is 23.7 Å². The molecule has 0 heterocycles. The first-order chi connectivity index (χ1) is 7.00. The van der Waals surface area contributed by atoms with Crippen molar-refractivity contribution in [1.82, 2.24) is 0 Å². The summed E-state index contributed by atoms with van der Waals surface area (Å²) in [6, 6.07) is 0. The van der Waals surface area contributed by atoms with Crippen molar-refractivity contribution in [1.29, 1.82) is 0 Å². The monoisotopic (exact) mass is 244 g/mol. The first-order valence-electron chi connectivity index (χ1n) is 5.97. The highest BCUT2D eigenvalue weighted by atomic mass is 35.5. The first-order valence-corrected chi connectivity index (χ1v) is 6.84. The minimum absolute atomic E-state index is 0.191. The Balaban J connectivity index is 2.24. The van der Waals surface area contributed by atoms with E-state index in [1.807, 2.05) is 0 Å². The molecule has 1 fully saturated rings. The fourth-order valence-corrected chi connectivity index (χ4v) is 3.97. The summed E-state index contributed by atoms with van der Waals surface area (Å²) < 4.78 is 0. The van der Waals surface area contributed by atoms with E-state index >= 15 is 0 Å². The summed E-state index contributed by atoms with van der Waals surface area (Å²) in [5.41, 5.74) is 1.38. The van der Waals surface area contributed by atoms with Crippen LogP contribution in [0.5, 0.6) is 0 Å². The number of hydrogen-bond acceptors (Lipinski definition) is 0. The SMILES string of the molecule is CC1=C[C@@H]2C(B(Cl)Cl)C[C@H]1C[C@@H]2C(C)C. The molecular weight excluding hydrogens is 226 g/mol. The van der Waals surface area contributed by atoms with Crippen molar-refractivity contribution in [3.8, 4) is 0 Å². The van der Waals surface area contributed by atoms with Gasteiger partial charge in [-0.1, -0.05) is 25.5 Å². The van der Waals surface area contributed by atoms with Crippen LogP contribution >= 0.6 is 22.9 Å². The van der Waals surface area contributed by atoms with E-state index in [0.717, 1.165) is 17.8 Å². The number of fused-ring (bicyclic) bond motifs is 2. The molecule has 0 saturated heterocycles. The Labute approximate surface area is 103 Å². The van der Waals surface area contributed by atoms with E-state index in [1.165, 1.54) is 12.8 Å². The maximum Gasteiger partial charge on any atom is 0.355 e. The van der Waals surface area contributed by atoms with Crippen LogP contribution in [0, 0.1) is 23.7 Å². The fourth-order valence-electron chi connectivity index (χ4n) is 3.43. The van der Waals surface area contributed by atoms with Crippen LogP contribution in [-0.2, 0) is 0 Å².